The average Bonchev–Trinajstić information content (AvgIpc) is 2.79. The SMILES string of the molecule is CO[C@@H]1OC(CO)[C@H](O[C@@H]2O[C@H](CS(C)=O)C(O)[C@@H]2O)[C@H](O)C1O. The Morgan fingerprint density at radius 1 is 0.958 bits per heavy atom. The standard InChI is InChI=1S/C13H24O10S/c1-20-12-10(18)8(16)11(5(3-14)21-12)23-13-9(17)7(15)6(22-13)4-24(2)19/h5-18H,3-4H2,1-2H3/t5?,6-,7?,8-,9+,10?,11+,12-,13+,24?/m1/s1. The molecule has 5 N–H and O–H groups in total. The van der Waals surface area contributed by atoms with E-state index in [-0.39, 0.29) is 5.75 Å². The number of methoxy groups -OCH3 is 1. The zero-order chi connectivity index (χ0) is 18.0. The van der Waals surface area contributed by atoms with Crippen molar-refractivity contribution in [2.75, 3.05) is 25.7 Å². The molecule has 2 aliphatic heterocycles. The Hall–Kier alpha value is -0.210. The highest BCUT2D eigenvalue weighted by molar-refractivity contribution is 7.84. The Balaban J connectivity index is 2.06. The molecule has 2 heterocycles. The maximum Gasteiger partial charge on any atom is 0.187 e. The molecule has 4 unspecified atom stereocenters. The summed E-state index contributed by atoms with van der Waals surface area (Å²) in [5.74, 6) is -0.000388. The van der Waals surface area contributed by atoms with Crippen LogP contribution in [0, 0.1) is 0 Å². The summed E-state index contributed by atoms with van der Waals surface area (Å²) < 4.78 is 32.2. The zero-order valence-corrected chi connectivity index (χ0v) is 14.1. The summed E-state index contributed by atoms with van der Waals surface area (Å²) in [5, 5.41) is 49.4. The van der Waals surface area contributed by atoms with Crippen molar-refractivity contribution in [2.24, 2.45) is 0 Å². The van der Waals surface area contributed by atoms with Crippen LogP contribution in [0.1, 0.15) is 0 Å². The summed E-state index contributed by atoms with van der Waals surface area (Å²) in [7, 11) is 0.00744. The van der Waals surface area contributed by atoms with Crippen molar-refractivity contribution in [1.29, 1.82) is 0 Å². The van der Waals surface area contributed by atoms with Crippen molar-refractivity contribution < 1.29 is 48.7 Å². The van der Waals surface area contributed by atoms with Gasteiger partial charge >= 0.3 is 0 Å². The largest absolute Gasteiger partial charge is 0.394 e. The van der Waals surface area contributed by atoms with Gasteiger partial charge in [0.15, 0.2) is 12.6 Å². The first-order valence-electron chi connectivity index (χ1n) is 7.42. The molecule has 0 aromatic carbocycles. The lowest BCUT2D eigenvalue weighted by atomic mass is 9.99. The van der Waals surface area contributed by atoms with Gasteiger partial charge in [-0.05, 0) is 0 Å². The number of hydrogen-bond acceptors (Lipinski definition) is 10. The lowest BCUT2D eigenvalue weighted by molar-refractivity contribution is -0.325. The third-order valence-corrected chi connectivity index (χ3v) is 4.86. The minimum absolute atomic E-state index is 0.000388. The van der Waals surface area contributed by atoms with E-state index in [9.17, 15) is 29.7 Å². The van der Waals surface area contributed by atoms with Gasteiger partial charge in [-0.2, -0.15) is 0 Å². The maximum atomic E-state index is 11.3. The first-order valence-corrected chi connectivity index (χ1v) is 9.15. The molecule has 0 aromatic heterocycles. The summed E-state index contributed by atoms with van der Waals surface area (Å²) in [4.78, 5) is 0. The molecule has 0 radical (unpaired) electrons. The molecule has 0 amide bonds. The quantitative estimate of drug-likeness (QED) is 0.314. The van der Waals surface area contributed by atoms with Crippen LogP contribution in [0.3, 0.4) is 0 Å². The van der Waals surface area contributed by atoms with Gasteiger partial charge in [0, 0.05) is 24.2 Å². The van der Waals surface area contributed by atoms with Crippen LogP contribution in [0.15, 0.2) is 0 Å². The van der Waals surface area contributed by atoms with E-state index in [2.05, 4.69) is 0 Å². The summed E-state index contributed by atoms with van der Waals surface area (Å²) in [6.07, 6.45) is -9.90. The molecule has 24 heavy (non-hydrogen) atoms. The van der Waals surface area contributed by atoms with Crippen molar-refractivity contribution in [3.63, 3.8) is 0 Å². The monoisotopic (exact) mass is 372 g/mol. The van der Waals surface area contributed by atoms with Gasteiger partial charge in [-0.1, -0.05) is 0 Å². The normalized spacial score (nSPS) is 47.7. The fraction of sp³-hybridized carbons (Fsp3) is 1.00. The predicted octanol–water partition coefficient (Wildman–Crippen LogP) is -3.72. The molecule has 2 rings (SSSR count). The molecule has 0 spiro atoms. The molecule has 2 aliphatic rings. The molecule has 0 saturated carbocycles. The molecule has 0 aliphatic carbocycles. The number of ether oxygens (including phenoxy) is 4. The zero-order valence-electron chi connectivity index (χ0n) is 13.3. The van der Waals surface area contributed by atoms with Gasteiger partial charge in [0.25, 0.3) is 0 Å². The van der Waals surface area contributed by atoms with E-state index < -0.39 is 72.7 Å². The van der Waals surface area contributed by atoms with E-state index in [0.29, 0.717) is 0 Å². The van der Waals surface area contributed by atoms with Gasteiger partial charge in [-0.3, -0.25) is 4.21 Å². The fourth-order valence-electron chi connectivity index (χ4n) is 2.77. The molecule has 2 fully saturated rings. The van der Waals surface area contributed by atoms with E-state index in [1.807, 2.05) is 0 Å². The smallest absolute Gasteiger partial charge is 0.187 e. The highest BCUT2D eigenvalue weighted by Gasteiger charge is 2.50. The fourth-order valence-corrected chi connectivity index (χ4v) is 3.50. The van der Waals surface area contributed by atoms with Crippen molar-refractivity contribution in [1.82, 2.24) is 0 Å². The average molecular weight is 372 g/mol. The Bertz CT molecular complexity index is 435. The second kappa shape index (κ2) is 8.45. The summed E-state index contributed by atoms with van der Waals surface area (Å²) in [6.45, 7) is -0.540. The third kappa shape index (κ3) is 4.12. The number of aliphatic hydroxyl groups excluding tert-OH is 5. The lowest BCUT2D eigenvalue weighted by Gasteiger charge is -2.42. The summed E-state index contributed by atoms with van der Waals surface area (Å²) >= 11 is 0. The van der Waals surface area contributed by atoms with Gasteiger partial charge in [0.2, 0.25) is 0 Å². The highest BCUT2D eigenvalue weighted by atomic mass is 32.2. The molecule has 10 nitrogen and oxygen atoms in total. The van der Waals surface area contributed by atoms with Crippen LogP contribution >= 0.6 is 0 Å². The number of hydrogen-bond donors (Lipinski definition) is 5. The minimum Gasteiger partial charge on any atom is -0.394 e. The molecule has 0 aromatic rings. The van der Waals surface area contributed by atoms with Crippen LogP contribution in [-0.4, -0.2) is 111 Å². The Morgan fingerprint density at radius 2 is 1.54 bits per heavy atom. The number of rotatable bonds is 6. The van der Waals surface area contributed by atoms with E-state index in [1.54, 1.807) is 0 Å². The Morgan fingerprint density at radius 3 is 2.08 bits per heavy atom. The van der Waals surface area contributed by atoms with Crippen LogP contribution in [0.4, 0.5) is 0 Å². The number of aliphatic hydroxyl groups is 5. The second-order valence-electron chi connectivity index (χ2n) is 5.81. The third-order valence-electron chi connectivity index (χ3n) is 4.06. The topological polar surface area (TPSA) is 155 Å². The van der Waals surface area contributed by atoms with E-state index in [4.69, 9.17) is 18.9 Å². The Labute approximate surface area is 141 Å². The molecule has 0 bridgehead atoms. The lowest BCUT2D eigenvalue weighted by Crippen LogP contribution is -2.61. The van der Waals surface area contributed by atoms with E-state index >= 15 is 0 Å². The first kappa shape index (κ1) is 20.1. The maximum absolute atomic E-state index is 11.3. The molecule has 2 saturated heterocycles. The second-order valence-corrected chi connectivity index (χ2v) is 7.29. The van der Waals surface area contributed by atoms with Gasteiger partial charge in [-0.15, -0.1) is 0 Å². The predicted molar refractivity (Wildman–Crippen MR) is 79.3 cm³/mol. The van der Waals surface area contributed by atoms with E-state index in [1.165, 1.54) is 13.4 Å². The highest BCUT2D eigenvalue weighted by Crippen LogP contribution is 2.29. The van der Waals surface area contributed by atoms with Crippen LogP contribution in [-0.2, 0) is 29.7 Å². The minimum atomic E-state index is -1.48. The molecule has 142 valence electrons. The Kier molecular flexibility index (Phi) is 7.08. The van der Waals surface area contributed by atoms with Crippen LogP contribution in [0.2, 0.25) is 0 Å². The summed E-state index contributed by atoms with van der Waals surface area (Å²) in [6, 6.07) is 0. The first-order chi connectivity index (χ1) is 11.3. The van der Waals surface area contributed by atoms with Crippen LogP contribution < -0.4 is 0 Å². The van der Waals surface area contributed by atoms with Gasteiger partial charge in [0.1, 0.15) is 42.7 Å². The summed E-state index contributed by atoms with van der Waals surface area (Å²) in [5.41, 5.74) is 0. The van der Waals surface area contributed by atoms with Crippen LogP contribution in [0.5, 0.6) is 0 Å². The molecular formula is C13H24O10S. The molecule has 10 atom stereocenters. The van der Waals surface area contributed by atoms with Gasteiger partial charge in [0.05, 0.1) is 12.4 Å². The van der Waals surface area contributed by atoms with Crippen molar-refractivity contribution in [3.8, 4) is 0 Å². The van der Waals surface area contributed by atoms with Gasteiger partial charge < -0.3 is 44.5 Å². The molecular weight excluding hydrogens is 348 g/mol. The van der Waals surface area contributed by atoms with Crippen LogP contribution in [0.25, 0.3) is 0 Å². The van der Waals surface area contributed by atoms with Gasteiger partial charge in [-0.25, -0.2) is 0 Å². The molecule has 11 heteroatoms. The van der Waals surface area contributed by atoms with Crippen molar-refractivity contribution in [3.05, 3.63) is 0 Å². The van der Waals surface area contributed by atoms with Crippen molar-refractivity contribution >= 4 is 10.8 Å². The van der Waals surface area contributed by atoms with E-state index in [0.717, 1.165) is 0 Å². The van der Waals surface area contributed by atoms with Crippen molar-refractivity contribution in [2.45, 2.75) is 55.3 Å².